The minimum Gasteiger partial charge on any atom is -0.416 e. The number of fused-ring (bicyclic) bond motifs is 1. The van der Waals surface area contributed by atoms with Crippen molar-refractivity contribution in [3.05, 3.63) is 34.9 Å². The molecule has 164 valence electrons. The van der Waals surface area contributed by atoms with Gasteiger partial charge in [0.1, 0.15) is 0 Å². The fourth-order valence-corrected chi connectivity index (χ4v) is 6.32. The van der Waals surface area contributed by atoms with Crippen LogP contribution >= 0.6 is 0 Å². The molecule has 2 fully saturated rings. The van der Waals surface area contributed by atoms with Crippen LogP contribution in [0.1, 0.15) is 76.5 Å². The van der Waals surface area contributed by atoms with E-state index in [1.54, 1.807) is 0 Å². The smallest absolute Gasteiger partial charge is 0.171 e. The van der Waals surface area contributed by atoms with E-state index in [-0.39, 0.29) is 23.4 Å². The minimum absolute atomic E-state index is 0.0565. The molecule has 2 saturated carbocycles. The van der Waals surface area contributed by atoms with E-state index >= 15 is 0 Å². The van der Waals surface area contributed by atoms with Gasteiger partial charge in [0.15, 0.2) is 9.04 Å². The average molecular weight is 421 g/mol. The summed E-state index contributed by atoms with van der Waals surface area (Å²) in [7, 11) is -1.22. The number of hydrogen-bond donors (Lipinski definition) is 3. The molecule has 29 heavy (non-hydrogen) atoms. The molecule has 0 heterocycles. The van der Waals surface area contributed by atoms with Gasteiger partial charge in [-0.3, -0.25) is 0 Å². The minimum atomic E-state index is -1.22. The Morgan fingerprint density at radius 3 is 2.41 bits per heavy atom. The van der Waals surface area contributed by atoms with E-state index in [4.69, 9.17) is 4.43 Å². The van der Waals surface area contributed by atoms with Gasteiger partial charge < -0.3 is 19.7 Å². The second kappa shape index (κ2) is 7.76. The maximum atomic E-state index is 11.9. The normalized spacial score (nSPS) is 35.2. The molecule has 0 saturated heterocycles. The molecule has 2 aliphatic rings. The molecule has 0 unspecified atom stereocenters. The van der Waals surface area contributed by atoms with Crippen molar-refractivity contribution in [1.29, 1.82) is 0 Å². The van der Waals surface area contributed by atoms with E-state index in [9.17, 15) is 15.3 Å². The first-order valence-corrected chi connectivity index (χ1v) is 13.9. The summed E-state index contributed by atoms with van der Waals surface area (Å²) in [5.74, 6) is 0.104. The summed E-state index contributed by atoms with van der Waals surface area (Å²) in [5.41, 5.74) is 0.803. The van der Waals surface area contributed by atoms with Crippen molar-refractivity contribution in [3.8, 4) is 0 Å². The maximum absolute atomic E-state index is 11.9. The molecule has 0 spiro atoms. The summed E-state index contributed by atoms with van der Waals surface area (Å²) in [6.45, 7) is 13.6. The molecule has 3 N–H and O–H groups in total. The van der Waals surface area contributed by atoms with Crippen LogP contribution in [0.3, 0.4) is 0 Å². The third kappa shape index (κ3) is 3.97. The summed E-state index contributed by atoms with van der Waals surface area (Å²) in [4.78, 5) is 0. The third-order valence-electron chi connectivity index (χ3n) is 7.78. The van der Waals surface area contributed by atoms with Crippen LogP contribution in [-0.4, -0.2) is 36.6 Å². The third-order valence-corrected chi connectivity index (χ3v) is 8.61. The van der Waals surface area contributed by atoms with Crippen LogP contribution < -0.4 is 0 Å². The quantitative estimate of drug-likeness (QED) is 0.630. The molecule has 0 aliphatic heterocycles. The monoisotopic (exact) mass is 420 g/mol. The Labute approximate surface area is 178 Å². The lowest BCUT2D eigenvalue weighted by Crippen LogP contribution is -2.55. The van der Waals surface area contributed by atoms with Crippen LogP contribution in [-0.2, 0) is 22.0 Å². The van der Waals surface area contributed by atoms with Crippen LogP contribution in [0.25, 0.3) is 0 Å². The van der Waals surface area contributed by atoms with Crippen LogP contribution in [0.2, 0.25) is 13.1 Å². The molecule has 0 aromatic heterocycles. The van der Waals surface area contributed by atoms with Gasteiger partial charge in [-0.25, -0.2) is 0 Å². The Kier molecular flexibility index (Phi) is 6.14. The summed E-state index contributed by atoms with van der Waals surface area (Å²) in [5, 5.41) is 33.3. The van der Waals surface area contributed by atoms with Gasteiger partial charge in [-0.05, 0) is 66.8 Å². The molecule has 3 rings (SSSR count). The largest absolute Gasteiger partial charge is 0.416 e. The summed E-state index contributed by atoms with van der Waals surface area (Å²) >= 11 is 0. The Bertz CT molecular complexity index is 743. The fraction of sp³-hybridized carbons (Fsp3) is 0.750. The van der Waals surface area contributed by atoms with Gasteiger partial charge in [-0.1, -0.05) is 45.9 Å². The van der Waals surface area contributed by atoms with E-state index < -0.39 is 20.2 Å². The van der Waals surface area contributed by atoms with E-state index in [0.29, 0.717) is 32.3 Å². The molecule has 4 atom stereocenters. The van der Waals surface area contributed by atoms with Crippen molar-refractivity contribution >= 4 is 9.04 Å². The standard InChI is InChI=1S/C24H40O4Si/c1-21(2,3)19-8-7-9-20(18(19)15-28-29(5)6)23(26)13-12-22(4)17(14-25)10-11-24(22,27)16-23/h7-9,17,25-27,29H,10-16H2,1-6H3/t17-,22-,23-,24+/m1/s1. The Balaban J connectivity index is 2.04. The highest BCUT2D eigenvalue weighted by atomic mass is 28.3. The zero-order valence-electron chi connectivity index (χ0n) is 19.1. The Morgan fingerprint density at radius 2 is 1.83 bits per heavy atom. The van der Waals surface area contributed by atoms with Crippen molar-refractivity contribution in [3.63, 3.8) is 0 Å². The lowest BCUT2D eigenvalue weighted by atomic mass is 9.57. The molecule has 5 heteroatoms. The van der Waals surface area contributed by atoms with Crippen molar-refractivity contribution in [1.82, 2.24) is 0 Å². The predicted octanol–water partition coefficient (Wildman–Crippen LogP) is 4.00. The molecule has 0 amide bonds. The van der Waals surface area contributed by atoms with Gasteiger partial charge in [0.2, 0.25) is 0 Å². The van der Waals surface area contributed by atoms with Crippen LogP contribution in [0, 0.1) is 11.3 Å². The summed E-state index contributed by atoms with van der Waals surface area (Å²) in [6, 6.07) is 6.21. The number of rotatable bonds is 5. The van der Waals surface area contributed by atoms with E-state index in [0.717, 1.165) is 17.5 Å². The van der Waals surface area contributed by atoms with Gasteiger partial charge in [-0.2, -0.15) is 0 Å². The first-order valence-electron chi connectivity index (χ1n) is 11.2. The highest BCUT2D eigenvalue weighted by molar-refractivity contribution is 6.48. The van der Waals surface area contributed by atoms with Gasteiger partial charge >= 0.3 is 0 Å². The van der Waals surface area contributed by atoms with Gasteiger partial charge in [-0.15, -0.1) is 0 Å². The fourth-order valence-electron chi connectivity index (χ4n) is 5.82. The van der Waals surface area contributed by atoms with E-state index in [1.807, 2.05) is 12.1 Å². The van der Waals surface area contributed by atoms with E-state index in [2.05, 4.69) is 46.9 Å². The number of benzene rings is 1. The summed E-state index contributed by atoms with van der Waals surface area (Å²) < 4.78 is 6.14. The van der Waals surface area contributed by atoms with Gasteiger partial charge in [0, 0.05) is 18.4 Å². The second-order valence-corrected chi connectivity index (χ2v) is 13.4. The van der Waals surface area contributed by atoms with E-state index in [1.165, 1.54) is 5.56 Å². The average Bonchev–Trinajstić information content (AvgIpc) is 2.89. The first-order chi connectivity index (χ1) is 13.4. The zero-order valence-corrected chi connectivity index (χ0v) is 20.2. The highest BCUT2D eigenvalue weighted by Crippen LogP contribution is 2.61. The summed E-state index contributed by atoms with van der Waals surface area (Å²) in [6.07, 6.45) is 3.09. The first kappa shape index (κ1) is 23.0. The second-order valence-electron chi connectivity index (χ2n) is 11.0. The maximum Gasteiger partial charge on any atom is 0.171 e. The SMILES string of the molecule is C[SiH](C)OCc1c(C(C)(C)C)cccc1[C@@]1(O)CC[C@]2(C)[C@@H](CO)CC[C@]2(O)C1. The molecule has 0 radical (unpaired) electrons. The van der Waals surface area contributed by atoms with Crippen LogP contribution in [0.4, 0.5) is 0 Å². The molecular weight excluding hydrogens is 380 g/mol. The van der Waals surface area contributed by atoms with Crippen LogP contribution in [0.5, 0.6) is 0 Å². The molecule has 0 bridgehead atoms. The number of aliphatic hydroxyl groups excluding tert-OH is 1. The molecular formula is C24H40O4Si. The van der Waals surface area contributed by atoms with Crippen molar-refractivity contribution in [2.75, 3.05) is 6.61 Å². The topological polar surface area (TPSA) is 69.9 Å². The highest BCUT2D eigenvalue weighted by Gasteiger charge is 2.62. The van der Waals surface area contributed by atoms with Gasteiger partial charge in [0.25, 0.3) is 0 Å². The molecule has 1 aromatic rings. The van der Waals surface area contributed by atoms with Crippen molar-refractivity contribution < 1.29 is 19.7 Å². The van der Waals surface area contributed by atoms with Crippen LogP contribution in [0.15, 0.2) is 18.2 Å². The lowest BCUT2D eigenvalue weighted by molar-refractivity contribution is -0.173. The Hall–Kier alpha value is -0.723. The predicted molar refractivity (Wildman–Crippen MR) is 119 cm³/mol. The molecule has 4 nitrogen and oxygen atoms in total. The molecule has 1 aromatic carbocycles. The van der Waals surface area contributed by atoms with Crippen molar-refractivity contribution in [2.24, 2.45) is 11.3 Å². The zero-order chi connectivity index (χ0) is 21.7. The Morgan fingerprint density at radius 1 is 1.14 bits per heavy atom. The lowest BCUT2D eigenvalue weighted by Gasteiger charge is -2.52. The van der Waals surface area contributed by atoms with Gasteiger partial charge in [0.05, 0.1) is 17.8 Å². The number of aliphatic hydroxyl groups is 3. The number of hydrogen-bond acceptors (Lipinski definition) is 4. The molecule has 2 aliphatic carbocycles. The van der Waals surface area contributed by atoms with Crippen molar-refractivity contribution in [2.45, 2.75) is 96.1 Å².